The minimum Gasteiger partial charge on any atom is -0.352 e. The molecule has 1 aromatic heterocycles. The van der Waals surface area contributed by atoms with Crippen LogP contribution in [0, 0.1) is 5.92 Å². The SMILES string of the molecule is CC1Sc2ccc(S(=O)(=O)N3CCC(C(=O)NCc4cccnc4)CC3)cc2NC1=O. The Morgan fingerprint density at radius 2 is 2.06 bits per heavy atom. The quantitative estimate of drug-likeness (QED) is 0.708. The Balaban J connectivity index is 1.37. The third-order valence-corrected chi connectivity index (χ3v) is 8.61. The van der Waals surface area contributed by atoms with Crippen molar-refractivity contribution in [3.05, 3.63) is 48.3 Å². The second-order valence-corrected chi connectivity index (χ2v) is 11.0. The van der Waals surface area contributed by atoms with E-state index in [0.29, 0.717) is 25.1 Å². The van der Waals surface area contributed by atoms with Crippen molar-refractivity contribution in [1.82, 2.24) is 14.6 Å². The van der Waals surface area contributed by atoms with Crippen molar-refractivity contribution >= 4 is 39.3 Å². The standard InChI is InChI=1S/C21H24N4O4S2/c1-14-20(26)24-18-11-17(4-5-19(18)30-14)31(28,29)25-9-6-16(7-10-25)21(27)23-13-15-3-2-8-22-12-15/h2-5,8,11-12,14,16H,6-7,9-10,13H2,1H3,(H,23,27)(H,24,26). The third-order valence-electron chi connectivity index (χ3n) is 5.53. The molecule has 8 nitrogen and oxygen atoms in total. The number of hydrogen-bond acceptors (Lipinski definition) is 6. The van der Waals surface area contributed by atoms with E-state index in [0.717, 1.165) is 10.5 Å². The predicted octanol–water partition coefficient (Wildman–Crippen LogP) is 2.23. The van der Waals surface area contributed by atoms with E-state index in [9.17, 15) is 18.0 Å². The summed E-state index contributed by atoms with van der Waals surface area (Å²) in [7, 11) is -3.70. The number of benzene rings is 1. The molecule has 10 heteroatoms. The molecule has 1 aromatic carbocycles. The Kier molecular flexibility index (Phi) is 6.31. The number of fused-ring (bicyclic) bond motifs is 1. The van der Waals surface area contributed by atoms with Crippen LogP contribution in [0.25, 0.3) is 0 Å². The Morgan fingerprint density at radius 1 is 1.29 bits per heavy atom. The van der Waals surface area contributed by atoms with Crippen LogP contribution in [0.3, 0.4) is 0 Å². The van der Waals surface area contributed by atoms with E-state index in [-0.39, 0.29) is 41.0 Å². The number of nitrogens with one attached hydrogen (secondary N) is 2. The Labute approximate surface area is 185 Å². The molecule has 3 heterocycles. The van der Waals surface area contributed by atoms with Gasteiger partial charge in [-0.3, -0.25) is 14.6 Å². The monoisotopic (exact) mass is 460 g/mol. The molecule has 2 aliphatic rings. The van der Waals surface area contributed by atoms with Crippen molar-refractivity contribution < 1.29 is 18.0 Å². The molecule has 2 amide bonds. The fourth-order valence-electron chi connectivity index (χ4n) is 3.69. The lowest BCUT2D eigenvalue weighted by atomic mass is 9.97. The summed E-state index contributed by atoms with van der Waals surface area (Å²) in [6, 6.07) is 8.55. The fraction of sp³-hybridized carbons (Fsp3) is 0.381. The van der Waals surface area contributed by atoms with Crippen LogP contribution in [0.4, 0.5) is 5.69 Å². The molecule has 2 aromatic rings. The molecule has 1 unspecified atom stereocenters. The van der Waals surface area contributed by atoms with Crippen molar-refractivity contribution in [1.29, 1.82) is 0 Å². The summed E-state index contributed by atoms with van der Waals surface area (Å²) in [5.41, 5.74) is 1.45. The van der Waals surface area contributed by atoms with Crippen molar-refractivity contribution in [2.45, 2.75) is 41.4 Å². The Morgan fingerprint density at radius 3 is 2.77 bits per heavy atom. The molecule has 1 fully saturated rings. The smallest absolute Gasteiger partial charge is 0.243 e. The summed E-state index contributed by atoms with van der Waals surface area (Å²) in [4.78, 5) is 29.4. The average Bonchev–Trinajstić information content (AvgIpc) is 2.78. The lowest BCUT2D eigenvalue weighted by Gasteiger charge is -2.31. The molecule has 164 valence electrons. The van der Waals surface area contributed by atoms with Crippen LogP contribution in [0.2, 0.25) is 0 Å². The summed E-state index contributed by atoms with van der Waals surface area (Å²) in [6.07, 6.45) is 4.31. The first-order valence-corrected chi connectivity index (χ1v) is 12.4. The second-order valence-electron chi connectivity index (χ2n) is 7.66. The molecule has 0 saturated carbocycles. The van der Waals surface area contributed by atoms with Gasteiger partial charge in [0.2, 0.25) is 21.8 Å². The number of carbonyl (C=O) groups is 2. The first-order valence-electron chi connectivity index (χ1n) is 10.1. The highest BCUT2D eigenvalue weighted by atomic mass is 32.2. The topological polar surface area (TPSA) is 108 Å². The Bertz CT molecular complexity index is 1080. The maximum atomic E-state index is 13.1. The van der Waals surface area contributed by atoms with Crippen molar-refractivity contribution in [2.75, 3.05) is 18.4 Å². The van der Waals surface area contributed by atoms with E-state index >= 15 is 0 Å². The number of sulfonamides is 1. The first-order chi connectivity index (χ1) is 14.8. The van der Waals surface area contributed by atoms with Crippen LogP contribution in [-0.2, 0) is 26.2 Å². The molecule has 0 bridgehead atoms. The van der Waals surface area contributed by atoms with Gasteiger partial charge in [-0.05, 0) is 49.6 Å². The molecule has 4 rings (SSSR count). The predicted molar refractivity (Wildman–Crippen MR) is 118 cm³/mol. The number of anilines is 1. The number of piperidine rings is 1. The molecule has 0 aliphatic carbocycles. The van der Waals surface area contributed by atoms with Crippen molar-refractivity contribution in [3.63, 3.8) is 0 Å². The van der Waals surface area contributed by atoms with Gasteiger partial charge in [0, 0.05) is 42.8 Å². The number of thioether (sulfide) groups is 1. The highest BCUT2D eigenvalue weighted by molar-refractivity contribution is 8.01. The minimum absolute atomic E-state index is 0.0662. The summed E-state index contributed by atoms with van der Waals surface area (Å²) < 4.78 is 27.6. The van der Waals surface area contributed by atoms with E-state index in [2.05, 4.69) is 15.6 Å². The normalized spacial score (nSPS) is 20.0. The molecule has 1 atom stereocenters. The lowest BCUT2D eigenvalue weighted by Crippen LogP contribution is -2.42. The van der Waals surface area contributed by atoms with E-state index in [1.165, 1.54) is 22.1 Å². The van der Waals surface area contributed by atoms with Crippen LogP contribution in [-0.4, -0.2) is 47.9 Å². The number of aromatic nitrogens is 1. The highest BCUT2D eigenvalue weighted by Gasteiger charge is 2.33. The van der Waals surface area contributed by atoms with Gasteiger partial charge < -0.3 is 10.6 Å². The average molecular weight is 461 g/mol. The summed E-state index contributed by atoms with van der Waals surface area (Å²) in [5.74, 6) is -0.419. The molecule has 2 N–H and O–H groups in total. The van der Waals surface area contributed by atoms with Gasteiger partial charge in [-0.2, -0.15) is 4.31 Å². The molecule has 2 aliphatic heterocycles. The maximum absolute atomic E-state index is 13.1. The number of pyridine rings is 1. The second kappa shape index (κ2) is 8.97. The zero-order valence-corrected chi connectivity index (χ0v) is 18.7. The van der Waals surface area contributed by atoms with Gasteiger partial charge in [-0.25, -0.2) is 8.42 Å². The molecular formula is C21H24N4O4S2. The van der Waals surface area contributed by atoms with E-state index < -0.39 is 10.0 Å². The summed E-state index contributed by atoms with van der Waals surface area (Å²) in [5, 5.41) is 5.47. The number of carbonyl (C=O) groups excluding carboxylic acids is 2. The number of hydrogen-bond donors (Lipinski definition) is 2. The zero-order valence-electron chi connectivity index (χ0n) is 17.1. The number of amides is 2. The van der Waals surface area contributed by atoms with Gasteiger partial charge in [0.15, 0.2) is 0 Å². The van der Waals surface area contributed by atoms with Gasteiger partial charge >= 0.3 is 0 Å². The van der Waals surface area contributed by atoms with Crippen LogP contribution < -0.4 is 10.6 Å². The van der Waals surface area contributed by atoms with E-state index in [1.807, 2.05) is 19.1 Å². The lowest BCUT2D eigenvalue weighted by molar-refractivity contribution is -0.126. The van der Waals surface area contributed by atoms with Crippen molar-refractivity contribution in [2.24, 2.45) is 5.92 Å². The molecule has 0 spiro atoms. The maximum Gasteiger partial charge on any atom is 0.243 e. The van der Waals surface area contributed by atoms with Gasteiger partial charge in [-0.15, -0.1) is 11.8 Å². The first kappa shape index (κ1) is 21.8. The zero-order chi connectivity index (χ0) is 22.0. The number of rotatable bonds is 5. The van der Waals surface area contributed by atoms with E-state index in [4.69, 9.17) is 0 Å². The van der Waals surface area contributed by atoms with Crippen LogP contribution in [0.1, 0.15) is 25.3 Å². The largest absolute Gasteiger partial charge is 0.352 e. The van der Waals surface area contributed by atoms with Gasteiger partial charge in [0.1, 0.15) is 0 Å². The molecular weight excluding hydrogens is 436 g/mol. The minimum atomic E-state index is -3.70. The van der Waals surface area contributed by atoms with E-state index in [1.54, 1.807) is 24.5 Å². The molecule has 1 saturated heterocycles. The highest BCUT2D eigenvalue weighted by Crippen LogP contribution is 2.37. The van der Waals surface area contributed by atoms with Gasteiger partial charge in [0.05, 0.1) is 15.8 Å². The van der Waals surface area contributed by atoms with Gasteiger partial charge in [-0.1, -0.05) is 6.07 Å². The van der Waals surface area contributed by atoms with Gasteiger partial charge in [0.25, 0.3) is 0 Å². The molecule has 31 heavy (non-hydrogen) atoms. The summed E-state index contributed by atoms with van der Waals surface area (Å²) in [6.45, 7) is 2.78. The Hall–Kier alpha value is -2.43. The number of nitrogens with zero attached hydrogens (tertiary/aromatic N) is 2. The van der Waals surface area contributed by atoms with Crippen molar-refractivity contribution in [3.8, 4) is 0 Å². The third kappa shape index (κ3) is 4.76. The summed E-state index contributed by atoms with van der Waals surface area (Å²) >= 11 is 1.41. The fourth-order valence-corrected chi connectivity index (χ4v) is 6.12. The van der Waals surface area contributed by atoms with Crippen LogP contribution in [0.15, 0.2) is 52.5 Å². The van der Waals surface area contributed by atoms with Crippen LogP contribution >= 0.6 is 11.8 Å². The van der Waals surface area contributed by atoms with Crippen LogP contribution in [0.5, 0.6) is 0 Å². The molecule has 0 radical (unpaired) electrons.